The minimum absolute atomic E-state index is 0.0807. The molecule has 1 N–H and O–H groups in total. The molecule has 0 aliphatic carbocycles. The summed E-state index contributed by atoms with van der Waals surface area (Å²) in [6.07, 6.45) is 2.51. The molecule has 2 aromatic rings. The van der Waals surface area contributed by atoms with Gasteiger partial charge in [-0.3, -0.25) is 14.5 Å². The summed E-state index contributed by atoms with van der Waals surface area (Å²) in [7, 11) is 1.80. The van der Waals surface area contributed by atoms with Crippen LogP contribution in [0.4, 0.5) is 0 Å². The second-order valence-electron chi connectivity index (χ2n) is 6.12. The van der Waals surface area contributed by atoms with Crippen molar-refractivity contribution in [3.05, 3.63) is 46.5 Å². The molecule has 0 radical (unpaired) electrons. The van der Waals surface area contributed by atoms with Crippen molar-refractivity contribution in [2.24, 2.45) is 7.05 Å². The fourth-order valence-electron chi connectivity index (χ4n) is 3.02. The summed E-state index contributed by atoms with van der Waals surface area (Å²) >= 11 is 0. The number of nitrogens with zero attached hydrogens (tertiary/aromatic N) is 3. The summed E-state index contributed by atoms with van der Waals surface area (Å²) in [5.74, 6) is -0.108. The van der Waals surface area contributed by atoms with Crippen LogP contribution in [0.2, 0.25) is 0 Å². The first kappa shape index (κ1) is 15.7. The maximum absolute atomic E-state index is 12.6. The van der Waals surface area contributed by atoms with E-state index in [1.165, 1.54) is 0 Å². The fourth-order valence-corrected chi connectivity index (χ4v) is 3.02. The normalized spacial score (nSPS) is 20.2. The van der Waals surface area contributed by atoms with Crippen LogP contribution in [-0.2, 0) is 24.8 Å². The molecular weight excluding hydrogens is 292 g/mol. The maximum atomic E-state index is 12.6. The molecule has 0 saturated carbocycles. The van der Waals surface area contributed by atoms with Crippen LogP contribution >= 0.6 is 0 Å². The number of hydrogen-bond acceptors (Lipinski definition) is 4. The SMILES string of the molecule is Cc1ccc(CNC(=O)c2c3c(nn2C)[C@H](C)O[C@H](C)C3)cn1. The maximum Gasteiger partial charge on any atom is 0.270 e. The van der Waals surface area contributed by atoms with E-state index in [0.717, 1.165) is 22.5 Å². The first-order chi connectivity index (χ1) is 11.0. The van der Waals surface area contributed by atoms with Crippen LogP contribution in [0.3, 0.4) is 0 Å². The standard InChI is InChI=1S/C17H22N4O2/c1-10-5-6-13(8-18-10)9-19-17(22)16-14-7-11(2)23-12(3)15(14)20-21(16)4/h5-6,8,11-12H,7,9H2,1-4H3,(H,19,22)/t11-,12+/m1/s1. The van der Waals surface area contributed by atoms with E-state index in [1.54, 1.807) is 17.9 Å². The first-order valence-corrected chi connectivity index (χ1v) is 7.86. The zero-order valence-corrected chi connectivity index (χ0v) is 14.0. The van der Waals surface area contributed by atoms with Crippen LogP contribution in [0.25, 0.3) is 0 Å². The van der Waals surface area contributed by atoms with E-state index in [4.69, 9.17) is 4.74 Å². The molecule has 1 amide bonds. The van der Waals surface area contributed by atoms with Gasteiger partial charge in [-0.2, -0.15) is 5.10 Å². The monoisotopic (exact) mass is 314 g/mol. The molecule has 6 nitrogen and oxygen atoms in total. The number of carbonyl (C=O) groups is 1. The number of hydrogen-bond donors (Lipinski definition) is 1. The molecule has 6 heteroatoms. The number of pyridine rings is 1. The molecule has 2 atom stereocenters. The Bertz CT molecular complexity index is 721. The third-order valence-electron chi connectivity index (χ3n) is 4.13. The van der Waals surface area contributed by atoms with Crippen molar-refractivity contribution in [1.29, 1.82) is 0 Å². The third kappa shape index (κ3) is 3.12. The van der Waals surface area contributed by atoms with E-state index >= 15 is 0 Å². The molecule has 0 fully saturated rings. The van der Waals surface area contributed by atoms with Crippen LogP contribution in [0.15, 0.2) is 18.3 Å². The van der Waals surface area contributed by atoms with E-state index in [0.29, 0.717) is 18.7 Å². The third-order valence-corrected chi connectivity index (χ3v) is 4.13. The highest BCUT2D eigenvalue weighted by Crippen LogP contribution is 2.31. The van der Waals surface area contributed by atoms with Crippen LogP contribution in [0, 0.1) is 6.92 Å². The average molecular weight is 314 g/mol. The molecule has 3 rings (SSSR count). The van der Waals surface area contributed by atoms with Gasteiger partial charge in [0.05, 0.1) is 17.9 Å². The van der Waals surface area contributed by atoms with Gasteiger partial charge in [-0.25, -0.2) is 0 Å². The Morgan fingerprint density at radius 1 is 1.43 bits per heavy atom. The van der Waals surface area contributed by atoms with Gasteiger partial charge in [0.25, 0.3) is 5.91 Å². The molecule has 23 heavy (non-hydrogen) atoms. The Hall–Kier alpha value is -2.21. The number of amides is 1. The van der Waals surface area contributed by atoms with E-state index in [1.807, 2.05) is 32.9 Å². The van der Waals surface area contributed by atoms with Crippen LogP contribution < -0.4 is 5.32 Å². The van der Waals surface area contributed by atoms with E-state index in [9.17, 15) is 4.79 Å². The zero-order valence-electron chi connectivity index (χ0n) is 14.0. The van der Waals surface area contributed by atoms with Gasteiger partial charge >= 0.3 is 0 Å². The van der Waals surface area contributed by atoms with E-state index in [2.05, 4.69) is 15.4 Å². The summed E-state index contributed by atoms with van der Waals surface area (Å²) in [5.41, 5.74) is 4.43. The molecule has 0 aromatic carbocycles. The summed E-state index contributed by atoms with van der Waals surface area (Å²) < 4.78 is 7.44. The molecule has 0 saturated heterocycles. The Kier molecular flexibility index (Phi) is 4.17. The minimum atomic E-state index is -0.108. The predicted molar refractivity (Wildman–Crippen MR) is 86.0 cm³/mol. The summed E-state index contributed by atoms with van der Waals surface area (Å²) in [6.45, 7) is 6.38. The van der Waals surface area contributed by atoms with Crippen molar-refractivity contribution >= 4 is 5.91 Å². The van der Waals surface area contributed by atoms with Gasteiger partial charge in [0.2, 0.25) is 0 Å². The lowest BCUT2D eigenvalue weighted by atomic mass is 9.99. The highest BCUT2D eigenvalue weighted by molar-refractivity contribution is 5.94. The van der Waals surface area contributed by atoms with Crippen LogP contribution in [0.5, 0.6) is 0 Å². The highest BCUT2D eigenvalue weighted by atomic mass is 16.5. The second kappa shape index (κ2) is 6.12. The topological polar surface area (TPSA) is 69.0 Å². The molecule has 0 spiro atoms. The first-order valence-electron chi connectivity index (χ1n) is 7.86. The number of aromatic nitrogens is 3. The van der Waals surface area contributed by atoms with Gasteiger partial charge in [-0.05, 0) is 32.4 Å². The number of nitrogens with one attached hydrogen (secondary N) is 1. The van der Waals surface area contributed by atoms with Crippen molar-refractivity contribution in [1.82, 2.24) is 20.1 Å². The van der Waals surface area contributed by atoms with E-state index < -0.39 is 0 Å². The van der Waals surface area contributed by atoms with Gasteiger partial charge in [0.15, 0.2) is 0 Å². The molecule has 0 unspecified atom stereocenters. The van der Waals surface area contributed by atoms with Crippen molar-refractivity contribution in [3.8, 4) is 0 Å². The van der Waals surface area contributed by atoms with Crippen molar-refractivity contribution in [2.45, 2.75) is 45.9 Å². The quantitative estimate of drug-likeness (QED) is 0.941. The lowest BCUT2D eigenvalue weighted by Gasteiger charge is -2.24. The smallest absolute Gasteiger partial charge is 0.270 e. The number of carbonyl (C=O) groups excluding carboxylic acids is 1. The van der Waals surface area contributed by atoms with Gasteiger partial charge in [-0.1, -0.05) is 6.07 Å². The Labute approximate surface area is 135 Å². The van der Waals surface area contributed by atoms with Gasteiger partial charge < -0.3 is 10.1 Å². The van der Waals surface area contributed by atoms with Gasteiger partial charge in [-0.15, -0.1) is 0 Å². The average Bonchev–Trinajstić information content (AvgIpc) is 2.83. The minimum Gasteiger partial charge on any atom is -0.369 e. The van der Waals surface area contributed by atoms with Crippen molar-refractivity contribution in [2.75, 3.05) is 0 Å². The fraction of sp³-hybridized carbons (Fsp3) is 0.471. The van der Waals surface area contributed by atoms with Crippen LogP contribution in [-0.4, -0.2) is 26.8 Å². The molecule has 1 aliphatic heterocycles. The zero-order chi connectivity index (χ0) is 16.6. The molecule has 1 aliphatic rings. The largest absolute Gasteiger partial charge is 0.369 e. The Morgan fingerprint density at radius 2 is 2.22 bits per heavy atom. The van der Waals surface area contributed by atoms with Gasteiger partial charge in [0, 0.05) is 37.5 Å². The number of aryl methyl sites for hydroxylation is 2. The summed E-state index contributed by atoms with van der Waals surface area (Å²) in [6, 6.07) is 3.91. The number of fused-ring (bicyclic) bond motifs is 1. The molecule has 3 heterocycles. The lowest BCUT2D eigenvalue weighted by Crippen LogP contribution is -2.28. The molecular formula is C17H22N4O2. The Balaban J connectivity index is 1.79. The summed E-state index contributed by atoms with van der Waals surface area (Å²) in [4.78, 5) is 16.9. The summed E-state index contributed by atoms with van der Waals surface area (Å²) in [5, 5.41) is 7.43. The van der Waals surface area contributed by atoms with Crippen molar-refractivity contribution < 1.29 is 9.53 Å². The number of rotatable bonds is 3. The lowest BCUT2D eigenvalue weighted by molar-refractivity contribution is -0.00710. The second-order valence-corrected chi connectivity index (χ2v) is 6.12. The Morgan fingerprint density at radius 3 is 2.91 bits per heavy atom. The molecule has 122 valence electrons. The van der Waals surface area contributed by atoms with Crippen molar-refractivity contribution in [3.63, 3.8) is 0 Å². The number of ether oxygens (including phenoxy) is 1. The highest BCUT2D eigenvalue weighted by Gasteiger charge is 2.31. The van der Waals surface area contributed by atoms with E-state index in [-0.39, 0.29) is 18.1 Å². The van der Waals surface area contributed by atoms with Crippen LogP contribution in [0.1, 0.15) is 53.0 Å². The molecule has 2 aromatic heterocycles. The van der Waals surface area contributed by atoms with Gasteiger partial charge in [0.1, 0.15) is 5.69 Å². The predicted octanol–water partition coefficient (Wildman–Crippen LogP) is 2.08. The molecule has 0 bridgehead atoms.